The van der Waals surface area contributed by atoms with E-state index in [-0.39, 0.29) is 12.0 Å². The Bertz CT molecular complexity index is 910. The van der Waals surface area contributed by atoms with E-state index in [0.717, 1.165) is 37.6 Å². The van der Waals surface area contributed by atoms with Crippen LogP contribution in [0.3, 0.4) is 0 Å². The number of hydrogen-bond donors (Lipinski definition) is 0. The monoisotopic (exact) mass is 432 g/mol. The number of carbonyl (C=O) groups excluding carboxylic acids is 1. The molecule has 2 heterocycles. The fourth-order valence-electron chi connectivity index (χ4n) is 3.78. The number of ether oxygens (including phenoxy) is 1. The lowest BCUT2D eigenvalue weighted by Gasteiger charge is -2.34. The Morgan fingerprint density at radius 3 is 2.13 bits per heavy atom. The van der Waals surface area contributed by atoms with Gasteiger partial charge in [0.05, 0.1) is 6.61 Å². The minimum Gasteiger partial charge on any atom is -0.367 e. The van der Waals surface area contributed by atoms with Crippen molar-refractivity contribution in [3.8, 4) is 0 Å². The summed E-state index contributed by atoms with van der Waals surface area (Å²) in [5.41, 5.74) is 2.34. The predicted molar refractivity (Wildman–Crippen MR) is 127 cm³/mol. The maximum absolute atomic E-state index is 12.4. The number of nitrogens with zero attached hydrogens (tertiary/aromatic N) is 2. The maximum Gasteiger partial charge on any atom is 0.246 e. The molecule has 5 heteroatoms. The first-order chi connectivity index (χ1) is 15.3. The molecule has 0 radical (unpaired) electrons. The van der Waals surface area contributed by atoms with Gasteiger partial charge in [-0.15, -0.1) is 11.3 Å². The third-order valence-electron chi connectivity index (χ3n) is 5.51. The SMILES string of the molecule is O=C(/C=C/c1cccs1)N1CCN(CCOC(c2ccccc2)c2ccccc2)CC1. The third kappa shape index (κ3) is 6.14. The summed E-state index contributed by atoms with van der Waals surface area (Å²) >= 11 is 1.64. The second-order valence-electron chi connectivity index (χ2n) is 7.59. The first kappa shape index (κ1) is 21.5. The highest BCUT2D eigenvalue weighted by Crippen LogP contribution is 2.25. The number of amides is 1. The molecule has 31 heavy (non-hydrogen) atoms. The molecule has 0 unspecified atom stereocenters. The van der Waals surface area contributed by atoms with Crippen molar-refractivity contribution in [2.45, 2.75) is 6.10 Å². The molecule has 0 spiro atoms. The first-order valence-corrected chi connectivity index (χ1v) is 11.6. The van der Waals surface area contributed by atoms with E-state index >= 15 is 0 Å². The van der Waals surface area contributed by atoms with E-state index in [1.165, 1.54) is 11.1 Å². The van der Waals surface area contributed by atoms with Crippen LogP contribution in [0.25, 0.3) is 6.08 Å². The molecule has 1 aliphatic rings. The second kappa shape index (κ2) is 11.0. The van der Waals surface area contributed by atoms with Crippen LogP contribution < -0.4 is 0 Å². The summed E-state index contributed by atoms with van der Waals surface area (Å²) in [5.74, 6) is 0.0949. The molecule has 0 aliphatic carbocycles. The van der Waals surface area contributed by atoms with Gasteiger partial charge in [0.1, 0.15) is 6.10 Å². The maximum atomic E-state index is 12.4. The zero-order valence-corrected chi connectivity index (χ0v) is 18.4. The lowest BCUT2D eigenvalue weighted by atomic mass is 10.0. The minimum atomic E-state index is -0.0624. The van der Waals surface area contributed by atoms with E-state index in [0.29, 0.717) is 6.61 Å². The largest absolute Gasteiger partial charge is 0.367 e. The minimum absolute atomic E-state index is 0.0624. The molecule has 1 amide bonds. The zero-order chi connectivity index (χ0) is 21.3. The quantitative estimate of drug-likeness (QED) is 0.483. The average Bonchev–Trinajstić information content (AvgIpc) is 3.36. The number of piperazine rings is 1. The molecule has 0 atom stereocenters. The van der Waals surface area contributed by atoms with Crippen LogP contribution in [-0.4, -0.2) is 55.0 Å². The molecular formula is C26H28N2O2S. The molecule has 1 fully saturated rings. The Labute approximate surface area is 188 Å². The molecule has 0 bridgehead atoms. The summed E-state index contributed by atoms with van der Waals surface area (Å²) < 4.78 is 6.34. The molecule has 0 saturated carbocycles. The van der Waals surface area contributed by atoms with E-state index in [9.17, 15) is 4.79 Å². The Kier molecular flexibility index (Phi) is 7.66. The van der Waals surface area contributed by atoms with E-state index < -0.39 is 0 Å². The second-order valence-corrected chi connectivity index (χ2v) is 8.57. The molecule has 4 rings (SSSR count). The molecule has 1 aromatic heterocycles. The van der Waals surface area contributed by atoms with Crippen LogP contribution >= 0.6 is 11.3 Å². The van der Waals surface area contributed by atoms with Gasteiger partial charge in [-0.25, -0.2) is 0 Å². The van der Waals surface area contributed by atoms with Gasteiger partial charge in [-0.05, 0) is 28.6 Å². The lowest BCUT2D eigenvalue weighted by molar-refractivity contribution is -0.127. The van der Waals surface area contributed by atoms with Crippen LogP contribution in [0.2, 0.25) is 0 Å². The van der Waals surface area contributed by atoms with Gasteiger partial charge < -0.3 is 9.64 Å². The van der Waals surface area contributed by atoms with Crippen molar-refractivity contribution in [2.24, 2.45) is 0 Å². The smallest absolute Gasteiger partial charge is 0.246 e. The number of hydrogen-bond acceptors (Lipinski definition) is 4. The molecule has 4 nitrogen and oxygen atoms in total. The van der Waals surface area contributed by atoms with Crippen molar-refractivity contribution in [1.82, 2.24) is 9.80 Å². The molecule has 1 saturated heterocycles. The fraction of sp³-hybridized carbons (Fsp3) is 0.269. The van der Waals surface area contributed by atoms with Crippen LogP contribution in [-0.2, 0) is 9.53 Å². The molecule has 0 N–H and O–H groups in total. The van der Waals surface area contributed by atoms with Crippen LogP contribution in [0.1, 0.15) is 22.1 Å². The van der Waals surface area contributed by atoms with Gasteiger partial charge in [-0.3, -0.25) is 9.69 Å². The number of benzene rings is 2. The summed E-state index contributed by atoms with van der Waals surface area (Å²) in [5, 5.41) is 2.02. The van der Waals surface area contributed by atoms with Gasteiger partial charge in [-0.1, -0.05) is 66.7 Å². The first-order valence-electron chi connectivity index (χ1n) is 10.7. The summed E-state index contributed by atoms with van der Waals surface area (Å²) in [6.07, 6.45) is 3.53. The summed E-state index contributed by atoms with van der Waals surface area (Å²) in [6.45, 7) is 4.79. The van der Waals surface area contributed by atoms with E-state index in [2.05, 4.69) is 53.4 Å². The Balaban J connectivity index is 1.25. The van der Waals surface area contributed by atoms with Crippen molar-refractivity contribution in [3.05, 3.63) is 100 Å². The lowest BCUT2D eigenvalue weighted by Crippen LogP contribution is -2.49. The van der Waals surface area contributed by atoms with Crippen molar-refractivity contribution in [1.29, 1.82) is 0 Å². The highest BCUT2D eigenvalue weighted by Gasteiger charge is 2.20. The number of thiophene rings is 1. The summed E-state index contributed by atoms with van der Waals surface area (Å²) in [4.78, 5) is 17.8. The fourth-order valence-corrected chi connectivity index (χ4v) is 4.40. The van der Waals surface area contributed by atoms with Crippen LogP contribution in [0.5, 0.6) is 0 Å². The molecule has 2 aromatic carbocycles. The van der Waals surface area contributed by atoms with Gasteiger partial charge in [-0.2, -0.15) is 0 Å². The van der Waals surface area contributed by atoms with E-state index in [1.54, 1.807) is 17.4 Å². The standard InChI is InChI=1S/C26H28N2O2S/c29-25(14-13-24-12-7-21-31-24)28-17-15-27(16-18-28)19-20-30-26(22-8-3-1-4-9-22)23-10-5-2-6-11-23/h1-14,21,26H,15-20H2/b14-13+. The Hall–Kier alpha value is -2.73. The number of carbonyl (C=O) groups is 1. The predicted octanol–water partition coefficient (Wildman–Crippen LogP) is 4.71. The van der Waals surface area contributed by atoms with Crippen LogP contribution in [0.15, 0.2) is 84.3 Å². The third-order valence-corrected chi connectivity index (χ3v) is 6.35. The van der Waals surface area contributed by atoms with Crippen molar-refractivity contribution in [3.63, 3.8) is 0 Å². The zero-order valence-electron chi connectivity index (χ0n) is 17.6. The molecule has 160 valence electrons. The van der Waals surface area contributed by atoms with Crippen molar-refractivity contribution in [2.75, 3.05) is 39.3 Å². The summed E-state index contributed by atoms with van der Waals surface area (Å²) in [7, 11) is 0. The number of rotatable bonds is 8. The van der Waals surface area contributed by atoms with Gasteiger partial charge >= 0.3 is 0 Å². The van der Waals surface area contributed by atoms with Crippen LogP contribution in [0, 0.1) is 0 Å². The summed E-state index contributed by atoms with van der Waals surface area (Å²) in [6, 6.07) is 24.8. The van der Waals surface area contributed by atoms with Gasteiger partial charge in [0.15, 0.2) is 0 Å². The van der Waals surface area contributed by atoms with Crippen molar-refractivity contribution < 1.29 is 9.53 Å². The highest BCUT2D eigenvalue weighted by atomic mass is 32.1. The highest BCUT2D eigenvalue weighted by molar-refractivity contribution is 7.10. The molecule has 3 aromatic rings. The van der Waals surface area contributed by atoms with Crippen LogP contribution in [0.4, 0.5) is 0 Å². The average molecular weight is 433 g/mol. The Morgan fingerprint density at radius 2 is 1.55 bits per heavy atom. The Morgan fingerprint density at radius 1 is 0.903 bits per heavy atom. The topological polar surface area (TPSA) is 32.8 Å². The van der Waals surface area contributed by atoms with Gasteiger partial charge in [0, 0.05) is 43.7 Å². The van der Waals surface area contributed by atoms with Gasteiger partial charge in [0.2, 0.25) is 5.91 Å². The molecular weight excluding hydrogens is 404 g/mol. The van der Waals surface area contributed by atoms with E-state index in [4.69, 9.17) is 4.74 Å². The van der Waals surface area contributed by atoms with Crippen molar-refractivity contribution >= 4 is 23.3 Å². The normalized spacial score (nSPS) is 15.1. The molecule has 1 aliphatic heterocycles. The van der Waals surface area contributed by atoms with Gasteiger partial charge in [0.25, 0.3) is 0 Å². The van der Waals surface area contributed by atoms with E-state index in [1.807, 2.05) is 40.6 Å².